The van der Waals surface area contributed by atoms with Crippen molar-refractivity contribution in [2.75, 3.05) is 4.90 Å². The zero-order chi connectivity index (χ0) is 24.5. The van der Waals surface area contributed by atoms with Crippen molar-refractivity contribution in [1.29, 1.82) is 0 Å². The van der Waals surface area contributed by atoms with E-state index in [0.717, 1.165) is 28.4 Å². The molecule has 1 saturated heterocycles. The molecule has 35 heavy (non-hydrogen) atoms. The summed E-state index contributed by atoms with van der Waals surface area (Å²) in [6.45, 7) is 0. The predicted octanol–water partition coefficient (Wildman–Crippen LogP) is 5.33. The molecule has 5 rings (SSSR count). The molecule has 1 N–H and O–H groups in total. The lowest BCUT2D eigenvalue weighted by atomic mass is 9.99. The number of ketones is 1. The van der Waals surface area contributed by atoms with Crippen LogP contribution in [-0.2, 0) is 15.3 Å². The second-order valence-corrected chi connectivity index (χ2v) is 9.60. The molecule has 1 aliphatic rings. The number of hydrogen-bond acceptors (Lipinski definition) is 8. The van der Waals surface area contributed by atoms with E-state index in [4.69, 9.17) is 4.42 Å². The van der Waals surface area contributed by atoms with Gasteiger partial charge in [0.2, 0.25) is 5.13 Å². The van der Waals surface area contributed by atoms with Gasteiger partial charge in [0.25, 0.3) is 5.78 Å². The minimum Gasteiger partial charge on any atom is -0.507 e. The number of halogens is 2. The molecule has 0 aliphatic carbocycles. The maximum Gasteiger partial charge on any atom is 0.302 e. The van der Waals surface area contributed by atoms with Gasteiger partial charge in [0.15, 0.2) is 4.34 Å². The fourth-order valence-electron chi connectivity index (χ4n) is 3.62. The van der Waals surface area contributed by atoms with Crippen LogP contribution in [0.15, 0.2) is 81.3 Å². The summed E-state index contributed by atoms with van der Waals surface area (Å²) in [6, 6.07) is 13.3. The summed E-state index contributed by atoms with van der Waals surface area (Å²) >= 11 is 2.28. The molecule has 0 radical (unpaired) electrons. The van der Waals surface area contributed by atoms with E-state index in [-0.39, 0.29) is 27.8 Å². The molecule has 3 heterocycles. The average Bonchev–Trinajstić information content (AvgIpc) is 3.60. The van der Waals surface area contributed by atoms with E-state index in [0.29, 0.717) is 15.7 Å². The van der Waals surface area contributed by atoms with Crippen LogP contribution in [0.3, 0.4) is 0 Å². The summed E-state index contributed by atoms with van der Waals surface area (Å²) in [4.78, 5) is 27.2. The number of hydrogen-bond donors (Lipinski definition) is 1. The van der Waals surface area contributed by atoms with Gasteiger partial charge >= 0.3 is 5.91 Å². The minimum absolute atomic E-state index is 0.114. The van der Waals surface area contributed by atoms with Crippen molar-refractivity contribution in [2.45, 2.75) is 16.1 Å². The zero-order valence-corrected chi connectivity index (χ0v) is 19.4. The first-order valence-electron chi connectivity index (χ1n) is 10.2. The lowest BCUT2D eigenvalue weighted by Crippen LogP contribution is -2.29. The SMILES string of the molecule is O=C1C(=O)N(c2nnc(SCc3ccccc3F)s2)C(c2ccco2)/C1=C(/O)c1ccc(F)cc1. The van der Waals surface area contributed by atoms with Gasteiger partial charge in [0.05, 0.1) is 11.8 Å². The first-order chi connectivity index (χ1) is 16.9. The van der Waals surface area contributed by atoms with Crippen molar-refractivity contribution >= 4 is 45.7 Å². The summed E-state index contributed by atoms with van der Waals surface area (Å²) < 4.78 is 33.2. The predicted molar refractivity (Wildman–Crippen MR) is 126 cm³/mol. The number of benzene rings is 2. The summed E-state index contributed by atoms with van der Waals surface area (Å²) in [5.41, 5.74) is 0.441. The Morgan fingerprint density at radius 1 is 1.06 bits per heavy atom. The van der Waals surface area contributed by atoms with E-state index >= 15 is 0 Å². The summed E-state index contributed by atoms with van der Waals surface area (Å²) in [6.07, 6.45) is 1.38. The third-order valence-electron chi connectivity index (χ3n) is 5.29. The molecular weight excluding hydrogens is 496 g/mol. The highest BCUT2D eigenvalue weighted by atomic mass is 32.2. The summed E-state index contributed by atoms with van der Waals surface area (Å²) in [5, 5.41) is 19.2. The molecule has 176 valence electrons. The van der Waals surface area contributed by atoms with Crippen molar-refractivity contribution in [2.24, 2.45) is 0 Å². The van der Waals surface area contributed by atoms with Crippen molar-refractivity contribution in [3.63, 3.8) is 0 Å². The molecule has 1 aliphatic heterocycles. The van der Waals surface area contributed by atoms with Gasteiger partial charge in [-0.2, -0.15) is 0 Å². The highest BCUT2D eigenvalue weighted by Gasteiger charge is 2.49. The van der Waals surface area contributed by atoms with Gasteiger partial charge in [-0.15, -0.1) is 10.2 Å². The minimum atomic E-state index is -1.10. The number of anilines is 1. The largest absolute Gasteiger partial charge is 0.507 e. The molecule has 0 bridgehead atoms. The van der Waals surface area contributed by atoms with Gasteiger partial charge in [-0.05, 0) is 48.0 Å². The molecule has 0 saturated carbocycles. The van der Waals surface area contributed by atoms with Crippen LogP contribution in [0.1, 0.15) is 22.9 Å². The highest BCUT2D eigenvalue weighted by Crippen LogP contribution is 2.44. The van der Waals surface area contributed by atoms with Crippen LogP contribution in [0.25, 0.3) is 5.76 Å². The molecule has 1 unspecified atom stereocenters. The number of aromatic nitrogens is 2. The Kier molecular flexibility index (Phi) is 6.18. The van der Waals surface area contributed by atoms with Crippen molar-refractivity contribution < 1.29 is 27.9 Å². The smallest absolute Gasteiger partial charge is 0.302 e. The van der Waals surface area contributed by atoms with Gasteiger partial charge in [-0.1, -0.05) is 41.3 Å². The fraction of sp³-hybridized carbons (Fsp3) is 0.0833. The average molecular weight is 512 g/mol. The molecule has 2 aromatic carbocycles. The Labute approximate surface area is 205 Å². The number of rotatable bonds is 6. The van der Waals surface area contributed by atoms with Crippen LogP contribution in [0.2, 0.25) is 0 Å². The second-order valence-electron chi connectivity index (χ2n) is 7.42. The number of aliphatic hydroxyl groups excluding tert-OH is 1. The standard InChI is InChI=1S/C24H15F2N3O4S2/c25-15-9-7-13(8-10-15)20(30)18-19(17-6-3-11-33-17)29(22(32)21(18)31)23-27-28-24(35-23)34-12-14-4-1-2-5-16(14)26/h1-11,19,30H,12H2/b20-18-. The molecule has 1 atom stereocenters. The number of aliphatic hydroxyl groups is 1. The lowest BCUT2D eigenvalue weighted by molar-refractivity contribution is -0.132. The van der Waals surface area contributed by atoms with Crippen molar-refractivity contribution in [1.82, 2.24) is 10.2 Å². The van der Waals surface area contributed by atoms with E-state index in [9.17, 15) is 23.5 Å². The number of furan rings is 1. The molecule has 1 amide bonds. The number of thioether (sulfide) groups is 1. The Balaban J connectivity index is 1.51. The number of carbonyl (C=O) groups is 2. The number of carbonyl (C=O) groups excluding carboxylic acids is 2. The summed E-state index contributed by atoms with van der Waals surface area (Å²) in [7, 11) is 0. The first-order valence-corrected chi connectivity index (χ1v) is 12.0. The van der Waals surface area contributed by atoms with Gasteiger partial charge in [0.1, 0.15) is 29.2 Å². The van der Waals surface area contributed by atoms with Gasteiger partial charge < -0.3 is 9.52 Å². The number of Topliss-reactive ketones (excluding diaryl/α,β-unsaturated/α-hetero) is 1. The van der Waals surface area contributed by atoms with Crippen LogP contribution in [-0.4, -0.2) is 27.0 Å². The van der Waals surface area contributed by atoms with Crippen molar-refractivity contribution in [3.05, 3.63) is 101 Å². The van der Waals surface area contributed by atoms with Gasteiger partial charge in [0, 0.05) is 11.3 Å². The summed E-state index contributed by atoms with van der Waals surface area (Å²) in [5.74, 6) is -2.66. The Bertz CT molecular complexity index is 1440. The third kappa shape index (κ3) is 4.35. The molecule has 2 aromatic heterocycles. The van der Waals surface area contributed by atoms with E-state index in [1.807, 2.05) is 0 Å². The third-order valence-corrected chi connectivity index (χ3v) is 7.39. The fourth-order valence-corrected chi connectivity index (χ4v) is 5.48. The number of nitrogens with zero attached hydrogens (tertiary/aromatic N) is 3. The van der Waals surface area contributed by atoms with Crippen molar-refractivity contribution in [3.8, 4) is 0 Å². The molecule has 1 fully saturated rings. The molecule has 11 heteroatoms. The van der Waals surface area contributed by atoms with Crippen LogP contribution < -0.4 is 4.90 Å². The maximum atomic E-state index is 13.9. The monoisotopic (exact) mass is 511 g/mol. The zero-order valence-electron chi connectivity index (χ0n) is 17.7. The van der Waals surface area contributed by atoms with Crippen LogP contribution in [0.5, 0.6) is 0 Å². The van der Waals surface area contributed by atoms with E-state index in [1.165, 1.54) is 36.2 Å². The topological polar surface area (TPSA) is 96.5 Å². The van der Waals surface area contributed by atoms with E-state index < -0.39 is 29.3 Å². The number of amides is 1. The molecule has 0 spiro atoms. The van der Waals surface area contributed by atoms with Gasteiger partial charge in [-0.25, -0.2) is 8.78 Å². The van der Waals surface area contributed by atoms with Crippen LogP contribution in [0, 0.1) is 11.6 Å². The quantitative estimate of drug-likeness (QED) is 0.123. The molecule has 4 aromatic rings. The maximum absolute atomic E-state index is 13.9. The second kappa shape index (κ2) is 9.43. The van der Waals surface area contributed by atoms with Gasteiger partial charge in [-0.3, -0.25) is 14.5 Å². The Morgan fingerprint density at radius 2 is 1.83 bits per heavy atom. The van der Waals surface area contributed by atoms with Crippen LogP contribution >= 0.6 is 23.1 Å². The molecular formula is C24H15F2N3O4S2. The Morgan fingerprint density at radius 3 is 2.54 bits per heavy atom. The van der Waals surface area contributed by atoms with Crippen LogP contribution in [0.4, 0.5) is 13.9 Å². The highest BCUT2D eigenvalue weighted by molar-refractivity contribution is 8.00. The Hall–Kier alpha value is -3.83. The molecule has 7 nitrogen and oxygen atoms in total. The normalized spacial score (nSPS) is 17.3. The van der Waals surface area contributed by atoms with E-state index in [2.05, 4.69) is 10.2 Å². The first kappa shape index (κ1) is 22.9. The van der Waals surface area contributed by atoms with E-state index in [1.54, 1.807) is 30.3 Å². The lowest BCUT2D eigenvalue weighted by Gasteiger charge is -2.20.